The van der Waals surface area contributed by atoms with Gasteiger partial charge in [-0.3, -0.25) is 14.0 Å². The molecule has 0 aliphatic carbocycles. The standard InChI is InChI=1S/C13H16Cl2N4O/c1-7(2)13-16-10(14)5-11(20)19(13)6-9-12(15)8(3)17-18(9)4/h5,7H,6H2,1-4H3. The highest BCUT2D eigenvalue weighted by Gasteiger charge is 2.16. The van der Waals surface area contributed by atoms with Crippen LogP contribution in [0.5, 0.6) is 0 Å². The van der Waals surface area contributed by atoms with Crippen LogP contribution in [0.3, 0.4) is 0 Å². The van der Waals surface area contributed by atoms with Crippen LogP contribution in [0.15, 0.2) is 10.9 Å². The van der Waals surface area contributed by atoms with Crippen molar-refractivity contribution in [1.82, 2.24) is 19.3 Å². The lowest BCUT2D eigenvalue weighted by atomic mass is 10.2. The molecule has 0 N–H and O–H groups in total. The molecule has 2 heterocycles. The molecule has 2 aromatic rings. The number of hydrogen-bond acceptors (Lipinski definition) is 3. The van der Waals surface area contributed by atoms with E-state index in [4.69, 9.17) is 23.2 Å². The summed E-state index contributed by atoms with van der Waals surface area (Å²) in [5.41, 5.74) is 1.33. The summed E-state index contributed by atoms with van der Waals surface area (Å²) in [7, 11) is 1.80. The van der Waals surface area contributed by atoms with Crippen molar-refractivity contribution in [3.63, 3.8) is 0 Å². The predicted molar refractivity (Wildman–Crippen MR) is 79.7 cm³/mol. The molecule has 0 atom stereocenters. The van der Waals surface area contributed by atoms with E-state index in [0.717, 1.165) is 11.4 Å². The monoisotopic (exact) mass is 314 g/mol. The Morgan fingerprint density at radius 3 is 2.50 bits per heavy atom. The predicted octanol–water partition coefficient (Wildman–Crippen LogP) is 2.76. The van der Waals surface area contributed by atoms with Gasteiger partial charge in [0, 0.05) is 19.0 Å². The van der Waals surface area contributed by atoms with Crippen LogP contribution in [0.2, 0.25) is 10.2 Å². The SMILES string of the molecule is Cc1nn(C)c(Cn2c(C(C)C)nc(Cl)cc2=O)c1Cl. The Morgan fingerprint density at radius 2 is 2.00 bits per heavy atom. The van der Waals surface area contributed by atoms with Crippen molar-refractivity contribution in [3.8, 4) is 0 Å². The largest absolute Gasteiger partial charge is 0.290 e. The molecule has 2 aromatic heterocycles. The van der Waals surface area contributed by atoms with E-state index in [0.29, 0.717) is 17.4 Å². The van der Waals surface area contributed by atoms with E-state index in [-0.39, 0.29) is 16.6 Å². The molecule has 0 aliphatic heterocycles. The molecular weight excluding hydrogens is 299 g/mol. The Morgan fingerprint density at radius 1 is 1.35 bits per heavy atom. The van der Waals surface area contributed by atoms with Gasteiger partial charge in [0.2, 0.25) is 0 Å². The van der Waals surface area contributed by atoms with Gasteiger partial charge in [-0.25, -0.2) is 4.98 Å². The summed E-state index contributed by atoms with van der Waals surface area (Å²) in [6.45, 7) is 6.08. The maximum atomic E-state index is 12.2. The second kappa shape index (κ2) is 5.58. The average Bonchev–Trinajstić information content (AvgIpc) is 2.58. The normalized spacial score (nSPS) is 11.3. The Kier molecular flexibility index (Phi) is 4.20. The van der Waals surface area contributed by atoms with Crippen molar-refractivity contribution in [2.45, 2.75) is 33.2 Å². The number of aromatic nitrogens is 4. The fraction of sp³-hybridized carbons (Fsp3) is 0.462. The lowest BCUT2D eigenvalue weighted by Gasteiger charge is -2.15. The first kappa shape index (κ1) is 15.1. The van der Waals surface area contributed by atoms with Gasteiger partial charge in [0.05, 0.1) is 23.0 Å². The van der Waals surface area contributed by atoms with Crippen LogP contribution in [0.1, 0.15) is 37.0 Å². The summed E-state index contributed by atoms with van der Waals surface area (Å²) in [4.78, 5) is 16.4. The van der Waals surface area contributed by atoms with Gasteiger partial charge in [-0.05, 0) is 6.92 Å². The van der Waals surface area contributed by atoms with E-state index >= 15 is 0 Å². The number of nitrogens with zero attached hydrogens (tertiary/aromatic N) is 4. The van der Waals surface area contributed by atoms with Crippen LogP contribution in [-0.2, 0) is 13.6 Å². The van der Waals surface area contributed by atoms with E-state index in [1.54, 1.807) is 16.3 Å². The van der Waals surface area contributed by atoms with E-state index in [9.17, 15) is 4.79 Å². The van der Waals surface area contributed by atoms with Crippen molar-refractivity contribution >= 4 is 23.2 Å². The van der Waals surface area contributed by atoms with Crippen LogP contribution in [-0.4, -0.2) is 19.3 Å². The molecule has 5 nitrogen and oxygen atoms in total. The first-order valence-electron chi connectivity index (χ1n) is 6.26. The van der Waals surface area contributed by atoms with Crippen molar-refractivity contribution < 1.29 is 0 Å². The molecule has 0 fully saturated rings. The van der Waals surface area contributed by atoms with Crippen molar-refractivity contribution in [1.29, 1.82) is 0 Å². The van der Waals surface area contributed by atoms with Gasteiger partial charge in [0.25, 0.3) is 5.56 Å². The Balaban J connectivity index is 2.56. The summed E-state index contributed by atoms with van der Waals surface area (Å²) >= 11 is 12.1. The van der Waals surface area contributed by atoms with Gasteiger partial charge in [-0.2, -0.15) is 5.10 Å². The molecule has 0 unspecified atom stereocenters. The molecule has 7 heteroatoms. The molecule has 0 amide bonds. The summed E-state index contributed by atoms with van der Waals surface area (Å²) in [5, 5.41) is 5.03. The van der Waals surface area contributed by atoms with Crippen LogP contribution in [0.25, 0.3) is 0 Å². The summed E-state index contributed by atoms with van der Waals surface area (Å²) in [6, 6.07) is 1.31. The zero-order valence-corrected chi connectivity index (χ0v) is 13.3. The number of rotatable bonds is 3. The van der Waals surface area contributed by atoms with Gasteiger partial charge in [0.1, 0.15) is 11.0 Å². The minimum Gasteiger partial charge on any atom is -0.290 e. The molecular formula is C13H16Cl2N4O. The molecule has 0 aliphatic rings. The van der Waals surface area contributed by atoms with Gasteiger partial charge in [0.15, 0.2) is 0 Å². The van der Waals surface area contributed by atoms with E-state index in [1.165, 1.54) is 6.07 Å². The Hall–Kier alpha value is -1.33. The minimum absolute atomic E-state index is 0.0782. The van der Waals surface area contributed by atoms with Crippen LogP contribution >= 0.6 is 23.2 Å². The van der Waals surface area contributed by atoms with Gasteiger partial charge in [-0.15, -0.1) is 0 Å². The van der Waals surface area contributed by atoms with E-state index in [1.807, 2.05) is 20.8 Å². The van der Waals surface area contributed by atoms with Crippen LogP contribution in [0, 0.1) is 6.92 Å². The molecule has 0 bridgehead atoms. The van der Waals surface area contributed by atoms with Crippen molar-refractivity contribution in [3.05, 3.63) is 43.8 Å². The summed E-state index contributed by atoms with van der Waals surface area (Å²) in [5.74, 6) is 0.715. The van der Waals surface area contributed by atoms with Gasteiger partial charge in [-0.1, -0.05) is 37.0 Å². The highest BCUT2D eigenvalue weighted by atomic mass is 35.5. The number of halogens is 2. The summed E-state index contributed by atoms with van der Waals surface area (Å²) < 4.78 is 3.27. The number of hydrogen-bond donors (Lipinski definition) is 0. The fourth-order valence-electron chi connectivity index (χ4n) is 2.10. The molecule has 0 spiro atoms. The number of aryl methyl sites for hydroxylation is 2. The molecule has 20 heavy (non-hydrogen) atoms. The highest BCUT2D eigenvalue weighted by Crippen LogP contribution is 2.21. The minimum atomic E-state index is -0.191. The lowest BCUT2D eigenvalue weighted by molar-refractivity contribution is 0.590. The third kappa shape index (κ3) is 2.74. The topological polar surface area (TPSA) is 52.7 Å². The maximum Gasteiger partial charge on any atom is 0.255 e. The van der Waals surface area contributed by atoms with Crippen LogP contribution in [0.4, 0.5) is 0 Å². The third-order valence-corrected chi connectivity index (χ3v) is 3.78. The first-order valence-corrected chi connectivity index (χ1v) is 7.02. The third-order valence-electron chi connectivity index (χ3n) is 3.09. The molecule has 0 saturated heterocycles. The first-order chi connectivity index (χ1) is 9.31. The quantitative estimate of drug-likeness (QED) is 0.819. The zero-order valence-electron chi connectivity index (χ0n) is 11.8. The average molecular weight is 315 g/mol. The smallest absolute Gasteiger partial charge is 0.255 e. The molecule has 0 aromatic carbocycles. The Bertz CT molecular complexity index is 703. The highest BCUT2D eigenvalue weighted by molar-refractivity contribution is 6.31. The summed E-state index contributed by atoms with van der Waals surface area (Å²) in [6.07, 6.45) is 0. The maximum absolute atomic E-state index is 12.2. The molecule has 2 rings (SSSR count). The zero-order chi connectivity index (χ0) is 15.0. The van der Waals surface area contributed by atoms with Crippen molar-refractivity contribution in [2.24, 2.45) is 7.05 Å². The van der Waals surface area contributed by atoms with Gasteiger partial charge < -0.3 is 0 Å². The second-order valence-corrected chi connectivity index (χ2v) is 5.75. The molecule has 108 valence electrons. The van der Waals surface area contributed by atoms with Gasteiger partial charge >= 0.3 is 0 Å². The van der Waals surface area contributed by atoms with E-state index < -0.39 is 0 Å². The lowest BCUT2D eigenvalue weighted by Crippen LogP contribution is -2.26. The van der Waals surface area contributed by atoms with Crippen molar-refractivity contribution in [2.75, 3.05) is 0 Å². The van der Waals surface area contributed by atoms with Crippen LogP contribution < -0.4 is 5.56 Å². The second-order valence-electron chi connectivity index (χ2n) is 4.99. The molecule has 0 saturated carbocycles. The molecule has 0 radical (unpaired) electrons. The Labute approximate surface area is 127 Å². The van der Waals surface area contributed by atoms with E-state index in [2.05, 4.69) is 10.1 Å². The fourth-order valence-corrected chi connectivity index (χ4v) is 2.50.